The summed E-state index contributed by atoms with van der Waals surface area (Å²) in [5.74, 6) is -0.354. The zero-order chi connectivity index (χ0) is 13.6. The molecule has 18 heavy (non-hydrogen) atoms. The highest BCUT2D eigenvalue weighted by atomic mass is 19.1. The van der Waals surface area contributed by atoms with Gasteiger partial charge in [0.05, 0.1) is 5.69 Å². The van der Waals surface area contributed by atoms with Gasteiger partial charge in [-0.15, -0.1) is 0 Å². The number of anilines is 1. The lowest BCUT2D eigenvalue weighted by Gasteiger charge is -2.24. The molecule has 0 unspecified atom stereocenters. The Balaban J connectivity index is 2.39. The Morgan fingerprint density at radius 2 is 2.11 bits per heavy atom. The topological polar surface area (TPSA) is 47.3 Å². The van der Waals surface area contributed by atoms with E-state index in [4.69, 9.17) is 10.5 Å². The van der Waals surface area contributed by atoms with E-state index in [1.165, 1.54) is 6.07 Å². The third kappa shape index (κ3) is 5.02. The Hall–Kier alpha value is -1.13. The van der Waals surface area contributed by atoms with Crippen LogP contribution < -0.4 is 11.1 Å². The molecule has 0 heterocycles. The van der Waals surface area contributed by atoms with Gasteiger partial charge in [-0.1, -0.05) is 19.9 Å². The normalized spacial score (nSPS) is 11.8. The summed E-state index contributed by atoms with van der Waals surface area (Å²) < 4.78 is 18.3. The number of methoxy groups -OCH3 is 1. The Labute approximate surface area is 109 Å². The predicted octanol–water partition coefficient (Wildman–Crippen LogP) is 2.56. The number of nitrogen functional groups attached to an aromatic ring is 1. The summed E-state index contributed by atoms with van der Waals surface area (Å²) in [5, 5.41) is 3.33. The molecule has 0 aliphatic rings. The van der Waals surface area contributed by atoms with Crippen molar-refractivity contribution < 1.29 is 9.13 Å². The van der Waals surface area contributed by atoms with Crippen molar-refractivity contribution >= 4 is 5.69 Å². The van der Waals surface area contributed by atoms with Crippen molar-refractivity contribution in [2.24, 2.45) is 5.41 Å². The van der Waals surface area contributed by atoms with Gasteiger partial charge in [-0.3, -0.25) is 0 Å². The van der Waals surface area contributed by atoms with Gasteiger partial charge in [-0.25, -0.2) is 4.39 Å². The second-order valence-corrected chi connectivity index (χ2v) is 5.37. The van der Waals surface area contributed by atoms with Crippen LogP contribution in [0.15, 0.2) is 18.2 Å². The molecule has 0 radical (unpaired) electrons. The molecule has 1 rings (SSSR count). The van der Waals surface area contributed by atoms with Crippen LogP contribution in [0.4, 0.5) is 10.1 Å². The third-order valence-corrected chi connectivity index (χ3v) is 2.98. The van der Waals surface area contributed by atoms with E-state index in [0.29, 0.717) is 6.54 Å². The van der Waals surface area contributed by atoms with Gasteiger partial charge >= 0.3 is 0 Å². The van der Waals surface area contributed by atoms with Crippen LogP contribution in [0.3, 0.4) is 0 Å². The Morgan fingerprint density at radius 1 is 1.39 bits per heavy atom. The van der Waals surface area contributed by atoms with Crippen molar-refractivity contribution in [2.75, 3.05) is 26.0 Å². The fraction of sp³-hybridized carbons (Fsp3) is 0.571. The molecular weight excluding hydrogens is 231 g/mol. The summed E-state index contributed by atoms with van der Waals surface area (Å²) in [5.41, 5.74) is 6.70. The average Bonchev–Trinajstić information content (AvgIpc) is 2.31. The zero-order valence-electron chi connectivity index (χ0n) is 11.4. The van der Waals surface area contributed by atoms with E-state index in [1.807, 2.05) is 6.07 Å². The first kappa shape index (κ1) is 14.9. The lowest BCUT2D eigenvalue weighted by molar-refractivity contribution is 0.150. The van der Waals surface area contributed by atoms with E-state index in [9.17, 15) is 4.39 Å². The SMILES string of the molecule is COCCC(C)(C)CNCc1ccc(N)c(F)c1. The Kier molecular flexibility index (Phi) is 5.56. The number of halogens is 1. The summed E-state index contributed by atoms with van der Waals surface area (Å²) in [6, 6.07) is 4.92. The van der Waals surface area contributed by atoms with Gasteiger partial charge in [0.15, 0.2) is 0 Å². The molecule has 4 heteroatoms. The lowest BCUT2D eigenvalue weighted by atomic mass is 9.89. The first-order chi connectivity index (χ1) is 8.44. The van der Waals surface area contributed by atoms with Crippen molar-refractivity contribution in [3.8, 4) is 0 Å². The maximum atomic E-state index is 13.2. The number of benzene rings is 1. The third-order valence-electron chi connectivity index (χ3n) is 2.98. The van der Waals surface area contributed by atoms with Gasteiger partial charge < -0.3 is 15.8 Å². The fourth-order valence-corrected chi connectivity index (χ4v) is 1.69. The van der Waals surface area contributed by atoms with Crippen molar-refractivity contribution in [3.63, 3.8) is 0 Å². The number of hydrogen-bond acceptors (Lipinski definition) is 3. The molecule has 1 aromatic carbocycles. The van der Waals surface area contributed by atoms with E-state index in [2.05, 4.69) is 19.2 Å². The maximum Gasteiger partial charge on any atom is 0.146 e. The van der Waals surface area contributed by atoms with Crippen LogP contribution >= 0.6 is 0 Å². The molecule has 0 aromatic heterocycles. The van der Waals surface area contributed by atoms with Crippen LogP contribution in [0.2, 0.25) is 0 Å². The smallest absolute Gasteiger partial charge is 0.146 e. The Morgan fingerprint density at radius 3 is 2.72 bits per heavy atom. The first-order valence-electron chi connectivity index (χ1n) is 6.18. The predicted molar refractivity (Wildman–Crippen MR) is 72.8 cm³/mol. The monoisotopic (exact) mass is 254 g/mol. The van der Waals surface area contributed by atoms with Crippen molar-refractivity contribution in [1.82, 2.24) is 5.32 Å². The quantitative estimate of drug-likeness (QED) is 0.735. The van der Waals surface area contributed by atoms with Gasteiger partial charge in [0.25, 0.3) is 0 Å². The van der Waals surface area contributed by atoms with Crippen LogP contribution in [-0.2, 0) is 11.3 Å². The molecule has 0 aliphatic heterocycles. The fourth-order valence-electron chi connectivity index (χ4n) is 1.69. The highest BCUT2D eigenvalue weighted by Gasteiger charge is 2.16. The average molecular weight is 254 g/mol. The van der Waals surface area contributed by atoms with Gasteiger partial charge in [-0.05, 0) is 29.5 Å². The van der Waals surface area contributed by atoms with Crippen LogP contribution in [0.1, 0.15) is 25.8 Å². The minimum Gasteiger partial charge on any atom is -0.396 e. The van der Waals surface area contributed by atoms with E-state index in [1.54, 1.807) is 13.2 Å². The minimum absolute atomic E-state index is 0.169. The highest BCUT2D eigenvalue weighted by molar-refractivity contribution is 5.41. The number of rotatable bonds is 7. The molecule has 3 N–H and O–H groups in total. The highest BCUT2D eigenvalue weighted by Crippen LogP contribution is 2.19. The van der Waals surface area contributed by atoms with Gasteiger partial charge in [0.2, 0.25) is 0 Å². The summed E-state index contributed by atoms with van der Waals surface area (Å²) in [4.78, 5) is 0. The molecule has 0 aliphatic carbocycles. The van der Waals surface area contributed by atoms with Crippen molar-refractivity contribution in [3.05, 3.63) is 29.6 Å². The molecule has 0 bridgehead atoms. The van der Waals surface area contributed by atoms with E-state index < -0.39 is 0 Å². The largest absolute Gasteiger partial charge is 0.396 e. The van der Waals surface area contributed by atoms with Crippen molar-refractivity contribution in [2.45, 2.75) is 26.8 Å². The number of ether oxygens (including phenoxy) is 1. The van der Waals surface area contributed by atoms with Crippen LogP contribution in [0, 0.1) is 11.2 Å². The molecule has 0 amide bonds. The first-order valence-corrected chi connectivity index (χ1v) is 6.18. The minimum atomic E-state index is -0.354. The molecule has 0 saturated carbocycles. The molecule has 3 nitrogen and oxygen atoms in total. The molecule has 102 valence electrons. The lowest BCUT2D eigenvalue weighted by Crippen LogP contribution is -2.30. The van der Waals surface area contributed by atoms with Gasteiger partial charge in [0, 0.05) is 26.8 Å². The number of hydrogen-bond donors (Lipinski definition) is 2. The summed E-state index contributed by atoms with van der Waals surface area (Å²) in [7, 11) is 1.71. The molecule has 0 spiro atoms. The Bertz CT molecular complexity index is 380. The molecule has 0 saturated heterocycles. The zero-order valence-corrected chi connectivity index (χ0v) is 11.4. The van der Waals surface area contributed by atoms with Crippen LogP contribution in [0.25, 0.3) is 0 Å². The van der Waals surface area contributed by atoms with Crippen molar-refractivity contribution in [1.29, 1.82) is 0 Å². The molecule has 0 fully saturated rings. The summed E-state index contributed by atoms with van der Waals surface area (Å²) in [6.45, 7) is 6.63. The van der Waals surface area contributed by atoms with Crippen LogP contribution in [0.5, 0.6) is 0 Å². The molecule has 0 atom stereocenters. The standard InChI is InChI=1S/C14H23FN2O/c1-14(2,6-7-18-3)10-17-9-11-4-5-13(16)12(15)8-11/h4-5,8,17H,6-7,9-10,16H2,1-3H3. The van der Waals surface area contributed by atoms with Gasteiger partial charge in [0.1, 0.15) is 5.82 Å². The molecule has 1 aromatic rings. The molecular formula is C14H23FN2O. The van der Waals surface area contributed by atoms with E-state index in [0.717, 1.165) is 25.1 Å². The van der Waals surface area contributed by atoms with E-state index >= 15 is 0 Å². The number of nitrogens with two attached hydrogens (primary N) is 1. The second-order valence-electron chi connectivity index (χ2n) is 5.37. The number of nitrogens with one attached hydrogen (secondary N) is 1. The van der Waals surface area contributed by atoms with Crippen LogP contribution in [-0.4, -0.2) is 20.3 Å². The van der Waals surface area contributed by atoms with Gasteiger partial charge in [-0.2, -0.15) is 0 Å². The van der Waals surface area contributed by atoms with E-state index in [-0.39, 0.29) is 16.9 Å². The second kappa shape index (κ2) is 6.71. The maximum absolute atomic E-state index is 13.2. The summed E-state index contributed by atoms with van der Waals surface area (Å²) in [6.07, 6.45) is 0.993. The summed E-state index contributed by atoms with van der Waals surface area (Å²) >= 11 is 0.